The molecule has 0 bridgehead atoms. The van der Waals surface area contributed by atoms with Crippen LogP contribution in [0.2, 0.25) is 0 Å². The Balaban J connectivity index is 1.29. The highest BCUT2D eigenvalue weighted by atomic mass is 16.5. The molecule has 0 amide bonds. The first-order valence-corrected chi connectivity index (χ1v) is 10.3. The molecule has 1 aliphatic heterocycles. The van der Waals surface area contributed by atoms with Gasteiger partial charge in [-0.05, 0) is 42.7 Å². The maximum absolute atomic E-state index is 10.2. The fourth-order valence-corrected chi connectivity index (χ4v) is 4.37. The molecular formula is C22H26N4O3. The van der Waals surface area contributed by atoms with E-state index in [9.17, 15) is 5.11 Å². The van der Waals surface area contributed by atoms with E-state index in [4.69, 9.17) is 9.15 Å². The number of ether oxygens (including phenoxy) is 1. The average Bonchev–Trinajstić information content (AvgIpc) is 3.32. The summed E-state index contributed by atoms with van der Waals surface area (Å²) in [6, 6.07) is 6.91. The zero-order valence-corrected chi connectivity index (χ0v) is 16.5. The lowest BCUT2D eigenvalue weighted by atomic mass is 9.93. The fourth-order valence-electron chi connectivity index (χ4n) is 4.37. The Morgan fingerprint density at radius 3 is 3.07 bits per heavy atom. The van der Waals surface area contributed by atoms with Crippen molar-refractivity contribution in [2.75, 3.05) is 12.4 Å². The predicted octanol–water partition coefficient (Wildman–Crippen LogP) is 3.22. The topological polar surface area (TPSA) is 83.1 Å². The van der Waals surface area contributed by atoms with Crippen molar-refractivity contribution in [1.82, 2.24) is 9.88 Å². The molecule has 2 aliphatic carbocycles. The van der Waals surface area contributed by atoms with Gasteiger partial charge in [0, 0.05) is 6.54 Å². The van der Waals surface area contributed by atoms with Crippen LogP contribution in [0.5, 0.6) is 0 Å². The largest absolute Gasteiger partial charge is 0.497 e. The average molecular weight is 394 g/mol. The molecule has 1 saturated carbocycles. The van der Waals surface area contributed by atoms with E-state index in [1.54, 1.807) is 7.11 Å². The summed E-state index contributed by atoms with van der Waals surface area (Å²) in [6.07, 6.45) is 11.7. The second kappa shape index (κ2) is 7.55. The Kier molecular flexibility index (Phi) is 4.75. The molecule has 0 saturated heterocycles. The fraction of sp³-hybridized carbons (Fsp3) is 0.455. The molecular weight excluding hydrogens is 368 g/mol. The SMILES string of the molecule is COC1=C[C@H]2N=CN(Cc3ccc4nc(N[C@@H]5CCCC[C@H]5O)oc4c3)C2C=C1. The van der Waals surface area contributed by atoms with E-state index in [0.29, 0.717) is 6.01 Å². The van der Waals surface area contributed by atoms with Gasteiger partial charge in [0.05, 0.1) is 37.7 Å². The molecule has 1 aromatic heterocycles. The smallest absolute Gasteiger partial charge is 0.295 e. The van der Waals surface area contributed by atoms with E-state index in [1.165, 1.54) is 0 Å². The standard InChI is InChI=1S/C22H26N4O3/c1-28-15-7-9-19-18(11-15)23-13-26(19)12-14-6-8-17-21(10-14)29-22(25-17)24-16-4-2-3-5-20(16)27/h6-11,13,16,18-20,27H,2-5,12H2,1H3,(H,24,25)/t16-,18-,19?,20-/m1/s1. The maximum Gasteiger partial charge on any atom is 0.295 e. The second-order valence-electron chi connectivity index (χ2n) is 7.97. The summed E-state index contributed by atoms with van der Waals surface area (Å²) < 4.78 is 11.2. The van der Waals surface area contributed by atoms with Crippen molar-refractivity contribution in [3.8, 4) is 0 Å². The first-order valence-electron chi connectivity index (χ1n) is 10.3. The molecule has 1 fully saturated rings. The number of aromatic nitrogens is 1. The van der Waals surface area contributed by atoms with Gasteiger partial charge in [-0.15, -0.1) is 0 Å². The van der Waals surface area contributed by atoms with Gasteiger partial charge >= 0.3 is 0 Å². The van der Waals surface area contributed by atoms with E-state index in [2.05, 4.69) is 38.4 Å². The van der Waals surface area contributed by atoms with E-state index in [1.807, 2.05) is 24.5 Å². The molecule has 1 aromatic carbocycles. The first kappa shape index (κ1) is 18.2. The molecule has 5 rings (SSSR count). The van der Waals surface area contributed by atoms with Gasteiger partial charge in [0.25, 0.3) is 6.01 Å². The quantitative estimate of drug-likeness (QED) is 0.810. The Bertz CT molecular complexity index is 980. The molecule has 0 spiro atoms. The summed E-state index contributed by atoms with van der Waals surface area (Å²) in [6.45, 7) is 0.742. The van der Waals surface area contributed by atoms with E-state index >= 15 is 0 Å². The third-order valence-electron chi connectivity index (χ3n) is 6.00. The lowest BCUT2D eigenvalue weighted by molar-refractivity contribution is 0.115. The lowest BCUT2D eigenvalue weighted by Gasteiger charge is -2.27. The monoisotopic (exact) mass is 394 g/mol. The summed E-state index contributed by atoms with van der Waals surface area (Å²) in [4.78, 5) is 11.4. The van der Waals surface area contributed by atoms with Crippen LogP contribution in [-0.2, 0) is 11.3 Å². The number of nitrogens with zero attached hydrogens (tertiary/aromatic N) is 3. The van der Waals surface area contributed by atoms with Crippen molar-refractivity contribution in [2.45, 2.75) is 56.5 Å². The first-order chi connectivity index (χ1) is 14.2. The third-order valence-corrected chi connectivity index (χ3v) is 6.00. The Morgan fingerprint density at radius 2 is 2.21 bits per heavy atom. The molecule has 0 radical (unpaired) electrons. The molecule has 1 unspecified atom stereocenters. The minimum absolute atomic E-state index is 0.0113. The van der Waals surface area contributed by atoms with Crippen LogP contribution in [-0.4, -0.2) is 52.7 Å². The van der Waals surface area contributed by atoms with E-state index in [0.717, 1.165) is 54.7 Å². The second-order valence-corrected chi connectivity index (χ2v) is 7.97. The highest BCUT2D eigenvalue weighted by Gasteiger charge is 2.30. The van der Waals surface area contributed by atoms with Gasteiger partial charge in [-0.2, -0.15) is 4.98 Å². The van der Waals surface area contributed by atoms with Gasteiger partial charge in [-0.3, -0.25) is 4.99 Å². The summed E-state index contributed by atoms with van der Waals surface area (Å²) in [7, 11) is 1.68. The van der Waals surface area contributed by atoms with Gasteiger partial charge in [-0.25, -0.2) is 0 Å². The number of rotatable bonds is 5. The third kappa shape index (κ3) is 3.62. The van der Waals surface area contributed by atoms with Gasteiger partial charge in [-0.1, -0.05) is 25.0 Å². The van der Waals surface area contributed by atoms with Crippen LogP contribution in [0.4, 0.5) is 6.01 Å². The van der Waals surface area contributed by atoms with Crippen LogP contribution < -0.4 is 5.32 Å². The zero-order chi connectivity index (χ0) is 19.8. The molecule has 2 heterocycles. The minimum Gasteiger partial charge on any atom is -0.497 e. The lowest BCUT2D eigenvalue weighted by Crippen LogP contribution is -2.36. The number of methoxy groups -OCH3 is 1. The number of benzene rings is 1. The van der Waals surface area contributed by atoms with Crippen molar-refractivity contribution < 1.29 is 14.3 Å². The molecule has 29 heavy (non-hydrogen) atoms. The highest BCUT2D eigenvalue weighted by Crippen LogP contribution is 2.27. The Morgan fingerprint density at radius 1 is 1.31 bits per heavy atom. The van der Waals surface area contributed by atoms with E-state index in [-0.39, 0.29) is 24.2 Å². The van der Waals surface area contributed by atoms with Crippen molar-refractivity contribution >= 4 is 23.5 Å². The number of hydrogen-bond acceptors (Lipinski definition) is 7. The number of anilines is 1. The summed E-state index contributed by atoms with van der Waals surface area (Å²) in [5, 5.41) is 13.4. The molecule has 2 aromatic rings. The summed E-state index contributed by atoms with van der Waals surface area (Å²) in [5.74, 6) is 0.858. The summed E-state index contributed by atoms with van der Waals surface area (Å²) in [5.41, 5.74) is 2.71. The van der Waals surface area contributed by atoms with Crippen molar-refractivity contribution in [3.63, 3.8) is 0 Å². The number of hydrogen-bond donors (Lipinski definition) is 2. The molecule has 7 heteroatoms. The van der Waals surface area contributed by atoms with Crippen LogP contribution in [0.25, 0.3) is 11.1 Å². The molecule has 4 atom stereocenters. The van der Waals surface area contributed by atoms with Crippen LogP contribution in [0.3, 0.4) is 0 Å². The molecule has 152 valence electrons. The number of oxazole rings is 1. The van der Waals surface area contributed by atoms with Crippen molar-refractivity contribution in [3.05, 3.63) is 47.7 Å². The number of allylic oxidation sites excluding steroid dienone is 1. The van der Waals surface area contributed by atoms with Crippen molar-refractivity contribution in [1.29, 1.82) is 0 Å². The van der Waals surface area contributed by atoms with Gasteiger partial charge in [0.15, 0.2) is 5.58 Å². The van der Waals surface area contributed by atoms with Gasteiger partial charge in [0.2, 0.25) is 0 Å². The van der Waals surface area contributed by atoms with Crippen LogP contribution >= 0.6 is 0 Å². The number of fused-ring (bicyclic) bond motifs is 2. The number of aliphatic hydroxyl groups excluding tert-OH is 1. The number of aliphatic imine (C=N–C) groups is 1. The van der Waals surface area contributed by atoms with Crippen LogP contribution in [0, 0.1) is 0 Å². The Hall–Kier alpha value is -2.80. The van der Waals surface area contributed by atoms with Crippen LogP contribution in [0.1, 0.15) is 31.2 Å². The normalized spacial score (nSPS) is 28.5. The summed E-state index contributed by atoms with van der Waals surface area (Å²) >= 11 is 0. The molecule has 3 aliphatic rings. The predicted molar refractivity (Wildman–Crippen MR) is 112 cm³/mol. The zero-order valence-electron chi connectivity index (χ0n) is 16.5. The minimum atomic E-state index is -0.340. The molecule has 2 N–H and O–H groups in total. The van der Waals surface area contributed by atoms with Crippen LogP contribution in [0.15, 0.2) is 51.6 Å². The maximum atomic E-state index is 10.2. The van der Waals surface area contributed by atoms with Gasteiger partial charge in [0.1, 0.15) is 11.3 Å². The highest BCUT2D eigenvalue weighted by molar-refractivity contribution is 5.75. The Labute approximate surface area is 169 Å². The van der Waals surface area contributed by atoms with Gasteiger partial charge < -0.3 is 24.5 Å². The van der Waals surface area contributed by atoms with E-state index < -0.39 is 0 Å². The number of aliphatic hydroxyl groups is 1. The van der Waals surface area contributed by atoms with Crippen molar-refractivity contribution in [2.24, 2.45) is 4.99 Å². The number of nitrogens with one attached hydrogen (secondary N) is 1. The molecule has 7 nitrogen and oxygen atoms in total.